The quantitative estimate of drug-likeness (QED) is 0.674. The number of esters is 1. The van der Waals surface area contributed by atoms with Gasteiger partial charge < -0.3 is 10.1 Å². The average molecular weight is 185 g/mol. The molecule has 0 radical (unpaired) electrons. The van der Waals surface area contributed by atoms with Crippen LogP contribution in [0.3, 0.4) is 0 Å². The second kappa shape index (κ2) is 4.09. The number of carbonyl (C=O) groups is 1. The molecule has 13 heavy (non-hydrogen) atoms. The molecule has 1 fully saturated rings. The third-order valence-electron chi connectivity index (χ3n) is 2.37. The zero-order chi connectivity index (χ0) is 9.90. The lowest BCUT2D eigenvalue weighted by molar-refractivity contribution is -0.151. The van der Waals surface area contributed by atoms with Gasteiger partial charge in [-0.05, 0) is 32.2 Å². The van der Waals surface area contributed by atoms with E-state index in [1.807, 2.05) is 20.8 Å². The number of rotatable bonds is 3. The van der Waals surface area contributed by atoms with E-state index in [9.17, 15) is 4.79 Å². The molecule has 1 heterocycles. The molecule has 0 aromatic carbocycles. The topological polar surface area (TPSA) is 38.3 Å². The molecule has 0 saturated carbocycles. The second-order valence-corrected chi connectivity index (χ2v) is 4.35. The van der Waals surface area contributed by atoms with Gasteiger partial charge in [0.25, 0.3) is 0 Å². The number of ether oxygens (including phenoxy) is 1. The molecule has 3 heteroatoms. The fraction of sp³-hybridized carbons (Fsp3) is 0.900. The van der Waals surface area contributed by atoms with Crippen molar-refractivity contribution in [3.8, 4) is 0 Å². The summed E-state index contributed by atoms with van der Waals surface area (Å²) in [6.45, 7) is 7.45. The van der Waals surface area contributed by atoms with Crippen LogP contribution in [-0.4, -0.2) is 24.7 Å². The Morgan fingerprint density at radius 3 is 2.77 bits per heavy atom. The summed E-state index contributed by atoms with van der Waals surface area (Å²) in [6.07, 6.45) is 1.96. The summed E-state index contributed by atoms with van der Waals surface area (Å²) < 4.78 is 5.19. The predicted octanol–water partition coefficient (Wildman–Crippen LogP) is 1.33. The summed E-state index contributed by atoms with van der Waals surface area (Å²) in [4.78, 5) is 11.6. The van der Waals surface area contributed by atoms with E-state index in [2.05, 4.69) is 5.32 Å². The molecule has 0 aromatic rings. The first-order chi connectivity index (χ1) is 6.04. The molecule has 76 valence electrons. The number of hydrogen-bond acceptors (Lipinski definition) is 3. The first kappa shape index (κ1) is 10.5. The summed E-state index contributed by atoms with van der Waals surface area (Å²) >= 11 is 0. The van der Waals surface area contributed by atoms with Crippen molar-refractivity contribution in [2.75, 3.05) is 13.2 Å². The number of carbonyl (C=O) groups excluding carboxylic acids is 1. The Hall–Kier alpha value is -0.570. The lowest BCUT2D eigenvalue weighted by atomic mass is 10.0. The second-order valence-electron chi connectivity index (χ2n) is 4.35. The highest BCUT2D eigenvalue weighted by Crippen LogP contribution is 2.20. The van der Waals surface area contributed by atoms with E-state index in [-0.39, 0.29) is 5.97 Å². The molecular weight excluding hydrogens is 166 g/mol. The van der Waals surface area contributed by atoms with Gasteiger partial charge in [0.15, 0.2) is 0 Å². The first-order valence-corrected chi connectivity index (χ1v) is 4.97. The molecule has 1 N–H and O–H groups in total. The van der Waals surface area contributed by atoms with Gasteiger partial charge in [0, 0.05) is 0 Å². The van der Waals surface area contributed by atoms with Gasteiger partial charge >= 0.3 is 5.97 Å². The molecule has 0 bridgehead atoms. The lowest BCUT2D eigenvalue weighted by Crippen LogP contribution is -2.46. The minimum Gasteiger partial charge on any atom is -0.464 e. The van der Waals surface area contributed by atoms with Gasteiger partial charge in [-0.2, -0.15) is 0 Å². The molecule has 3 nitrogen and oxygen atoms in total. The third kappa shape index (κ3) is 2.69. The van der Waals surface area contributed by atoms with E-state index in [4.69, 9.17) is 4.74 Å². The third-order valence-corrected chi connectivity index (χ3v) is 2.37. The zero-order valence-electron chi connectivity index (χ0n) is 8.72. The maximum atomic E-state index is 11.6. The highest BCUT2D eigenvalue weighted by molar-refractivity contribution is 5.80. The van der Waals surface area contributed by atoms with Gasteiger partial charge in [0.1, 0.15) is 5.54 Å². The molecule has 0 aliphatic carbocycles. The Morgan fingerprint density at radius 1 is 1.62 bits per heavy atom. The fourth-order valence-electron chi connectivity index (χ4n) is 1.47. The van der Waals surface area contributed by atoms with Crippen molar-refractivity contribution in [1.29, 1.82) is 0 Å². The Balaban J connectivity index is 2.38. The summed E-state index contributed by atoms with van der Waals surface area (Å²) in [5, 5.41) is 3.18. The Kier molecular flexibility index (Phi) is 3.31. The van der Waals surface area contributed by atoms with Crippen LogP contribution < -0.4 is 5.32 Å². The van der Waals surface area contributed by atoms with Crippen LogP contribution in [0.25, 0.3) is 0 Å². The van der Waals surface area contributed by atoms with Gasteiger partial charge in [-0.3, -0.25) is 4.79 Å². The summed E-state index contributed by atoms with van der Waals surface area (Å²) in [5.74, 6) is 0.313. The van der Waals surface area contributed by atoms with E-state index in [1.165, 1.54) is 0 Å². The van der Waals surface area contributed by atoms with Crippen LogP contribution in [0.4, 0.5) is 0 Å². The van der Waals surface area contributed by atoms with Crippen molar-refractivity contribution in [3.63, 3.8) is 0 Å². The van der Waals surface area contributed by atoms with Crippen LogP contribution in [0.5, 0.6) is 0 Å². The monoisotopic (exact) mass is 185 g/mol. The van der Waals surface area contributed by atoms with E-state index in [0.29, 0.717) is 12.5 Å². The molecule has 1 unspecified atom stereocenters. The van der Waals surface area contributed by atoms with Crippen molar-refractivity contribution < 1.29 is 9.53 Å². The molecule has 0 spiro atoms. The lowest BCUT2D eigenvalue weighted by Gasteiger charge is -2.22. The Labute approximate surface area is 79.8 Å². The van der Waals surface area contributed by atoms with Crippen LogP contribution in [0, 0.1) is 5.92 Å². The molecule has 1 rings (SSSR count). The number of nitrogens with one attached hydrogen (secondary N) is 1. The van der Waals surface area contributed by atoms with Crippen LogP contribution >= 0.6 is 0 Å². The Morgan fingerprint density at radius 2 is 2.31 bits per heavy atom. The van der Waals surface area contributed by atoms with Crippen LogP contribution in [0.2, 0.25) is 0 Å². The predicted molar refractivity (Wildman–Crippen MR) is 51.4 cm³/mol. The van der Waals surface area contributed by atoms with Gasteiger partial charge in [-0.15, -0.1) is 0 Å². The minimum absolute atomic E-state index is 0.0984. The van der Waals surface area contributed by atoms with E-state index in [1.54, 1.807) is 0 Å². The summed E-state index contributed by atoms with van der Waals surface area (Å²) in [6, 6.07) is 0. The molecule has 1 atom stereocenters. The van der Waals surface area contributed by atoms with Crippen molar-refractivity contribution >= 4 is 5.97 Å². The van der Waals surface area contributed by atoms with Crippen LogP contribution in [-0.2, 0) is 9.53 Å². The van der Waals surface area contributed by atoms with E-state index >= 15 is 0 Å². The van der Waals surface area contributed by atoms with Crippen molar-refractivity contribution in [1.82, 2.24) is 5.32 Å². The van der Waals surface area contributed by atoms with Gasteiger partial charge in [-0.1, -0.05) is 13.8 Å². The van der Waals surface area contributed by atoms with Crippen LogP contribution in [0.15, 0.2) is 0 Å². The SMILES string of the molecule is CC(C)COC(=O)C1(C)CCCN1. The zero-order valence-corrected chi connectivity index (χ0v) is 8.72. The fourth-order valence-corrected chi connectivity index (χ4v) is 1.47. The Bertz CT molecular complexity index is 183. The normalized spacial score (nSPS) is 28.0. The van der Waals surface area contributed by atoms with Crippen LogP contribution in [0.1, 0.15) is 33.6 Å². The average Bonchev–Trinajstić information content (AvgIpc) is 2.49. The number of hydrogen-bond donors (Lipinski definition) is 1. The molecule has 1 aliphatic rings. The van der Waals surface area contributed by atoms with Crippen molar-refractivity contribution in [2.24, 2.45) is 5.92 Å². The summed E-state index contributed by atoms with van der Waals surface area (Å²) in [7, 11) is 0. The van der Waals surface area contributed by atoms with Gasteiger partial charge in [0.2, 0.25) is 0 Å². The molecular formula is C10H19NO2. The van der Waals surface area contributed by atoms with E-state index < -0.39 is 5.54 Å². The standard InChI is InChI=1S/C10H19NO2/c1-8(2)7-13-9(12)10(3)5-4-6-11-10/h8,11H,4-7H2,1-3H3. The maximum Gasteiger partial charge on any atom is 0.326 e. The largest absolute Gasteiger partial charge is 0.464 e. The van der Waals surface area contributed by atoms with Crippen molar-refractivity contribution in [2.45, 2.75) is 39.2 Å². The van der Waals surface area contributed by atoms with Gasteiger partial charge in [-0.25, -0.2) is 0 Å². The van der Waals surface area contributed by atoms with Crippen molar-refractivity contribution in [3.05, 3.63) is 0 Å². The molecule has 1 saturated heterocycles. The molecule has 0 aromatic heterocycles. The van der Waals surface area contributed by atoms with Gasteiger partial charge in [0.05, 0.1) is 6.61 Å². The maximum absolute atomic E-state index is 11.6. The summed E-state index contributed by atoms with van der Waals surface area (Å²) in [5.41, 5.74) is -0.422. The first-order valence-electron chi connectivity index (χ1n) is 4.97. The van der Waals surface area contributed by atoms with E-state index in [0.717, 1.165) is 19.4 Å². The highest BCUT2D eigenvalue weighted by atomic mass is 16.5. The molecule has 1 aliphatic heterocycles. The highest BCUT2D eigenvalue weighted by Gasteiger charge is 2.37. The molecule has 0 amide bonds. The minimum atomic E-state index is -0.422. The smallest absolute Gasteiger partial charge is 0.326 e.